The minimum Gasteiger partial charge on any atom is -0.338 e. The first-order valence-electron chi connectivity index (χ1n) is 6.73. The number of fused-ring (bicyclic) bond motifs is 2. The van der Waals surface area contributed by atoms with Gasteiger partial charge in [-0.3, -0.25) is 4.98 Å². The number of aromatic amines is 1. The van der Waals surface area contributed by atoms with Gasteiger partial charge in [0, 0.05) is 16.6 Å². The van der Waals surface area contributed by atoms with Gasteiger partial charge in [0.15, 0.2) is 5.82 Å². The molecule has 0 aliphatic carbocycles. The first kappa shape index (κ1) is 12.0. The van der Waals surface area contributed by atoms with Crippen molar-refractivity contribution in [3.05, 3.63) is 60.0 Å². The third-order valence-corrected chi connectivity index (χ3v) is 3.56. The van der Waals surface area contributed by atoms with Gasteiger partial charge in [0.05, 0.1) is 11.0 Å². The van der Waals surface area contributed by atoms with E-state index in [0.717, 1.165) is 22.2 Å². The SMILES string of the molecule is Cc1cc(-c2nc3c(F)cccc3[nH]2)c2ccccc2n1. The number of imidazole rings is 1. The van der Waals surface area contributed by atoms with Gasteiger partial charge in [0.2, 0.25) is 0 Å². The number of halogens is 1. The molecule has 0 aliphatic heterocycles. The van der Waals surface area contributed by atoms with Crippen LogP contribution in [-0.4, -0.2) is 15.0 Å². The number of hydrogen-bond acceptors (Lipinski definition) is 2. The van der Waals surface area contributed by atoms with Crippen molar-refractivity contribution in [2.75, 3.05) is 0 Å². The molecule has 0 unspecified atom stereocenters. The molecule has 2 heterocycles. The fourth-order valence-electron chi connectivity index (χ4n) is 2.63. The predicted octanol–water partition coefficient (Wildman–Crippen LogP) is 4.23. The second-order valence-electron chi connectivity index (χ2n) is 5.05. The van der Waals surface area contributed by atoms with Gasteiger partial charge >= 0.3 is 0 Å². The summed E-state index contributed by atoms with van der Waals surface area (Å²) >= 11 is 0. The third-order valence-electron chi connectivity index (χ3n) is 3.56. The number of aromatic nitrogens is 3. The molecular formula is C17H12FN3. The van der Waals surface area contributed by atoms with Gasteiger partial charge in [-0.05, 0) is 31.2 Å². The highest BCUT2D eigenvalue weighted by atomic mass is 19.1. The third kappa shape index (κ3) is 1.88. The number of aryl methyl sites for hydroxylation is 1. The number of pyridine rings is 1. The number of para-hydroxylation sites is 2. The van der Waals surface area contributed by atoms with Gasteiger partial charge in [0.25, 0.3) is 0 Å². The minimum atomic E-state index is -0.315. The van der Waals surface area contributed by atoms with Crippen molar-refractivity contribution in [2.45, 2.75) is 6.92 Å². The molecule has 0 fully saturated rings. The molecule has 4 heteroatoms. The number of H-pyrrole nitrogens is 1. The summed E-state index contributed by atoms with van der Waals surface area (Å²) in [6.07, 6.45) is 0. The molecule has 0 saturated carbocycles. The lowest BCUT2D eigenvalue weighted by molar-refractivity contribution is 0.637. The van der Waals surface area contributed by atoms with Crippen LogP contribution in [0.25, 0.3) is 33.3 Å². The molecular weight excluding hydrogens is 265 g/mol. The number of nitrogens with one attached hydrogen (secondary N) is 1. The van der Waals surface area contributed by atoms with Crippen LogP contribution >= 0.6 is 0 Å². The molecule has 0 amide bonds. The first-order chi connectivity index (χ1) is 10.2. The van der Waals surface area contributed by atoms with Crippen LogP contribution in [0.5, 0.6) is 0 Å². The molecule has 2 aromatic carbocycles. The second kappa shape index (κ2) is 4.38. The second-order valence-corrected chi connectivity index (χ2v) is 5.05. The van der Waals surface area contributed by atoms with Crippen molar-refractivity contribution in [2.24, 2.45) is 0 Å². The Balaban J connectivity index is 2.06. The summed E-state index contributed by atoms with van der Waals surface area (Å²) in [7, 11) is 0. The quantitative estimate of drug-likeness (QED) is 0.566. The van der Waals surface area contributed by atoms with Gasteiger partial charge in [-0.25, -0.2) is 9.37 Å². The van der Waals surface area contributed by atoms with E-state index in [0.29, 0.717) is 16.9 Å². The fourth-order valence-corrected chi connectivity index (χ4v) is 2.63. The first-order valence-corrected chi connectivity index (χ1v) is 6.73. The lowest BCUT2D eigenvalue weighted by Crippen LogP contribution is -1.89. The summed E-state index contributed by atoms with van der Waals surface area (Å²) in [4.78, 5) is 12.1. The fraction of sp³-hybridized carbons (Fsp3) is 0.0588. The van der Waals surface area contributed by atoms with Gasteiger partial charge in [-0.15, -0.1) is 0 Å². The van der Waals surface area contributed by atoms with E-state index in [9.17, 15) is 4.39 Å². The Hall–Kier alpha value is -2.75. The van der Waals surface area contributed by atoms with E-state index in [1.54, 1.807) is 6.07 Å². The van der Waals surface area contributed by atoms with Crippen molar-refractivity contribution in [1.29, 1.82) is 0 Å². The maximum Gasteiger partial charge on any atom is 0.151 e. The lowest BCUT2D eigenvalue weighted by Gasteiger charge is -2.05. The van der Waals surface area contributed by atoms with Crippen molar-refractivity contribution >= 4 is 21.9 Å². The van der Waals surface area contributed by atoms with Gasteiger partial charge in [-0.2, -0.15) is 0 Å². The molecule has 4 rings (SSSR count). The van der Waals surface area contributed by atoms with Crippen LogP contribution in [0.15, 0.2) is 48.5 Å². The summed E-state index contributed by atoms with van der Waals surface area (Å²) in [5.74, 6) is 0.349. The Morgan fingerprint density at radius 1 is 1.00 bits per heavy atom. The normalized spacial score (nSPS) is 11.3. The number of benzene rings is 2. The summed E-state index contributed by atoms with van der Waals surface area (Å²) in [5.41, 5.74) is 3.82. The zero-order valence-electron chi connectivity index (χ0n) is 11.4. The highest BCUT2D eigenvalue weighted by Crippen LogP contribution is 2.28. The molecule has 0 spiro atoms. The highest BCUT2D eigenvalue weighted by Gasteiger charge is 2.12. The lowest BCUT2D eigenvalue weighted by atomic mass is 10.1. The van der Waals surface area contributed by atoms with E-state index < -0.39 is 0 Å². The average molecular weight is 277 g/mol. The van der Waals surface area contributed by atoms with Crippen LogP contribution in [0.3, 0.4) is 0 Å². The van der Waals surface area contributed by atoms with E-state index >= 15 is 0 Å². The average Bonchev–Trinajstić information content (AvgIpc) is 2.92. The monoisotopic (exact) mass is 277 g/mol. The van der Waals surface area contributed by atoms with E-state index in [2.05, 4.69) is 15.0 Å². The summed E-state index contributed by atoms with van der Waals surface area (Å²) in [6.45, 7) is 1.94. The maximum absolute atomic E-state index is 13.8. The van der Waals surface area contributed by atoms with E-state index in [-0.39, 0.29) is 5.82 Å². The van der Waals surface area contributed by atoms with Gasteiger partial charge in [0.1, 0.15) is 11.3 Å². The topological polar surface area (TPSA) is 41.6 Å². The maximum atomic E-state index is 13.8. The largest absolute Gasteiger partial charge is 0.338 e. The Labute approximate surface area is 120 Å². The van der Waals surface area contributed by atoms with Crippen molar-refractivity contribution < 1.29 is 4.39 Å². The molecule has 102 valence electrons. The van der Waals surface area contributed by atoms with Crippen LogP contribution in [0.1, 0.15) is 5.69 Å². The molecule has 4 aromatic rings. The molecule has 2 aromatic heterocycles. The minimum absolute atomic E-state index is 0.315. The molecule has 0 saturated heterocycles. The predicted molar refractivity (Wildman–Crippen MR) is 81.5 cm³/mol. The van der Waals surface area contributed by atoms with Crippen LogP contribution in [0.2, 0.25) is 0 Å². The molecule has 0 radical (unpaired) electrons. The van der Waals surface area contributed by atoms with Crippen LogP contribution < -0.4 is 0 Å². The van der Waals surface area contributed by atoms with E-state index in [1.165, 1.54) is 6.07 Å². The number of hydrogen-bond donors (Lipinski definition) is 1. The van der Waals surface area contributed by atoms with E-state index in [1.807, 2.05) is 43.3 Å². The number of rotatable bonds is 1. The van der Waals surface area contributed by atoms with E-state index in [4.69, 9.17) is 0 Å². The smallest absolute Gasteiger partial charge is 0.151 e. The Kier molecular flexibility index (Phi) is 2.51. The number of nitrogens with zero attached hydrogens (tertiary/aromatic N) is 2. The summed E-state index contributed by atoms with van der Waals surface area (Å²) < 4.78 is 13.8. The Morgan fingerprint density at radius 3 is 2.71 bits per heavy atom. The van der Waals surface area contributed by atoms with Crippen LogP contribution in [-0.2, 0) is 0 Å². The Morgan fingerprint density at radius 2 is 1.86 bits per heavy atom. The molecule has 21 heavy (non-hydrogen) atoms. The molecule has 0 bridgehead atoms. The standard InChI is InChI=1S/C17H12FN3/c1-10-9-12(11-5-2-3-7-14(11)19-10)17-20-15-8-4-6-13(18)16(15)21-17/h2-9H,1H3,(H,20,21). The van der Waals surface area contributed by atoms with Crippen LogP contribution in [0, 0.1) is 12.7 Å². The molecule has 1 N–H and O–H groups in total. The molecule has 3 nitrogen and oxygen atoms in total. The van der Waals surface area contributed by atoms with Gasteiger partial charge < -0.3 is 4.98 Å². The van der Waals surface area contributed by atoms with Crippen LogP contribution in [0.4, 0.5) is 4.39 Å². The highest BCUT2D eigenvalue weighted by molar-refractivity contribution is 5.94. The van der Waals surface area contributed by atoms with Gasteiger partial charge in [-0.1, -0.05) is 24.3 Å². The van der Waals surface area contributed by atoms with Crippen molar-refractivity contribution in [3.63, 3.8) is 0 Å². The summed E-state index contributed by atoms with van der Waals surface area (Å²) in [6, 6.07) is 14.8. The van der Waals surface area contributed by atoms with Crippen molar-refractivity contribution in [1.82, 2.24) is 15.0 Å². The Bertz CT molecular complexity index is 972. The molecule has 0 atom stereocenters. The zero-order valence-corrected chi connectivity index (χ0v) is 11.4. The molecule has 0 aliphatic rings. The summed E-state index contributed by atoms with van der Waals surface area (Å²) in [5, 5.41) is 1.00. The zero-order chi connectivity index (χ0) is 14.4. The van der Waals surface area contributed by atoms with Crippen molar-refractivity contribution in [3.8, 4) is 11.4 Å².